The van der Waals surface area contributed by atoms with Crippen LogP contribution in [0.25, 0.3) is 10.9 Å². The zero-order chi connectivity index (χ0) is 24.3. The predicted molar refractivity (Wildman–Crippen MR) is 128 cm³/mol. The lowest BCUT2D eigenvalue weighted by Gasteiger charge is -2.08. The van der Waals surface area contributed by atoms with E-state index >= 15 is 0 Å². The van der Waals surface area contributed by atoms with Crippen LogP contribution in [-0.4, -0.2) is 16.6 Å². The maximum absolute atomic E-state index is 12.9. The summed E-state index contributed by atoms with van der Waals surface area (Å²) in [6, 6.07) is 19.8. The van der Waals surface area contributed by atoms with E-state index in [1.165, 1.54) is 12.1 Å². The molecule has 4 aromatic rings. The number of hydrogen-bond acceptors (Lipinski definition) is 3. The number of halogens is 3. The first kappa shape index (κ1) is 23.1. The molecule has 0 aliphatic rings. The van der Waals surface area contributed by atoms with Crippen molar-refractivity contribution in [3.8, 4) is 0 Å². The van der Waals surface area contributed by atoms with Gasteiger partial charge in [0.05, 0.1) is 16.9 Å². The molecule has 34 heavy (non-hydrogen) atoms. The van der Waals surface area contributed by atoms with Gasteiger partial charge in [-0.1, -0.05) is 43.3 Å². The number of nitrogens with zero attached hydrogens (tertiary/aromatic N) is 1. The highest BCUT2D eigenvalue weighted by molar-refractivity contribution is 6.02. The molecule has 0 spiro atoms. The fourth-order valence-electron chi connectivity index (χ4n) is 3.61. The molecule has 8 heteroatoms. The van der Waals surface area contributed by atoms with Crippen LogP contribution in [0.2, 0.25) is 0 Å². The van der Waals surface area contributed by atoms with E-state index in [-0.39, 0.29) is 12.2 Å². The second kappa shape index (κ2) is 9.43. The van der Waals surface area contributed by atoms with Crippen molar-refractivity contribution < 1.29 is 18.0 Å². The minimum atomic E-state index is -4.43. The number of alkyl halides is 3. The first-order chi connectivity index (χ1) is 16.2. The van der Waals surface area contributed by atoms with Gasteiger partial charge in [-0.2, -0.15) is 13.2 Å². The van der Waals surface area contributed by atoms with E-state index in [0.29, 0.717) is 16.6 Å². The minimum Gasteiger partial charge on any atom is -0.397 e. The van der Waals surface area contributed by atoms with Crippen LogP contribution in [0, 0.1) is 0 Å². The Hall–Kier alpha value is -4.07. The van der Waals surface area contributed by atoms with Crippen LogP contribution in [0.1, 0.15) is 40.5 Å². The second-order valence-corrected chi connectivity index (χ2v) is 7.83. The third-order valence-corrected chi connectivity index (χ3v) is 5.46. The molecular formula is C26H23F3N4O. The van der Waals surface area contributed by atoms with Crippen LogP contribution in [0.15, 0.2) is 77.8 Å². The molecule has 0 saturated heterocycles. The van der Waals surface area contributed by atoms with Crippen LogP contribution in [0.5, 0.6) is 0 Å². The van der Waals surface area contributed by atoms with Gasteiger partial charge >= 0.3 is 6.18 Å². The second-order valence-electron chi connectivity index (χ2n) is 7.83. The zero-order valence-electron chi connectivity index (χ0n) is 18.4. The first-order valence-electron chi connectivity index (χ1n) is 10.7. The van der Waals surface area contributed by atoms with E-state index in [2.05, 4.69) is 15.3 Å². The molecule has 1 aromatic heterocycles. The fraction of sp³-hybridized carbons (Fsp3) is 0.154. The summed E-state index contributed by atoms with van der Waals surface area (Å²) in [5, 5.41) is 3.12. The number of nitrogen functional groups attached to an aromatic ring is 1. The molecule has 0 bridgehead atoms. The van der Waals surface area contributed by atoms with Crippen molar-refractivity contribution in [3.05, 3.63) is 95.2 Å². The van der Waals surface area contributed by atoms with E-state index in [1.54, 1.807) is 6.07 Å². The van der Waals surface area contributed by atoms with Gasteiger partial charge in [0, 0.05) is 23.2 Å². The molecule has 1 heterocycles. The molecule has 4 rings (SSSR count). The predicted octanol–water partition coefficient (Wildman–Crippen LogP) is 6.23. The standard InChI is InChI=1S/C26H23F3N4O/c1-2-21(32-23-6-4-3-5-20(23)30)17-9-7-16(8-10-17)15-31-25(34)24-14-18-13-19(26(27,28)29)11-12-22(18)33-24/h3-14,33H,2,15,30H2,1H3,(H,31,34). The maximum atomic E-state index is 12.9. The van der Waals surface area contributed by atoms with E-state index in [9.17, 15) is 18.0 Å². The number of aromatic nitrogens is 1. The lowest BCUT2D eigenvalue weighted by atomic mass is 10.1. The Labute approximate surface area is 194 Å². The molecule has 0 radical (unpaired) electrons. The normalized spacial score (nSPS) is 12.2. The molecule has 3 aromatic carbocycles. The van der Waals surface area contributed by atoms with E-state index in [0.717, 1.165) is 41.1 Å². The van der Waals surface area contributed by atoms with Crippen LogP contribution in [0.3, 0.4) is 0 Å². The van der Waals surface area contributed by atoms with Crippen molar-refractivity contribution in [2.45, 2.75) is 26.1 Å². The number of amides is 1. The molecule has 1 amide bonds. The number of nitrogens with two attached hydrogens (primary N) is 1. The quantitative estimate of drug-likeness (QED) is 0.233. The highest BCUT2D eigenvalue weighted by Gasteiger charge is 2.30. The van der Waals surface area contributed by atoms with Crippen LogP contribution in [-0.2, 0) is 12.7 Å². The Bertz CT molecular complexity index is 1350. The maximum Gasteiger partial charge on any atom is 0.416 e. The molecule has 5 nitrogen and oxygen atoms in total. The summed E-state index contributed by atoms with van der Waals surface area (Å²) in [4.78, 5) is 20.1. The average molecular weight is 464 g/mol. The number of anilines is 1. The lowest BCUT2D eigenvalue weighted by Crippen LogP contribution is -2.23. The Balaban J connectivity index is 1.44. The number of rotatable bonds is 6. The number of hydrogen-bond donors (Lipinski definition) is 3. The fourth-order valence-corrected chi connectivity index (χ4v) is 3.61. The highest BCUT2D eigenvalue weighted by atomic mass is 19.4. The number of aliphatic imine (C=N–C) groups is 1. The largest absolute Gasteiger partial charge is 0.416 e. The Morgan fingerprint density at radius 2 is 1.76 bits per heavy atom. The molecule has 0 atom stereocenters. The minimum absolute atomic E-state index is 0.201. The number of carbonyl (C=O) groups is 1. The van der Waals surface area contributed by atoms with Crippen molar-refractivity contribution in [1.82, 2.24) is 10.3 Å². The summed E-state index contributed by atoms with van der Waals surface area (Å²) in [7, 11) is 0. The summed E-state index contributed by atoms with van der Waals surface area (Å²) < 4.78 is 38.7. The number of para-hydroxylation sites is 2. The Morgan fingerprint density at radius 1 is 1.03 bits per heavy atom. The molecule has 0 unspecified atom stereocenters. The van der Waals surface area contributed by atoms with Gasteiger partial charge in [0.25, 0.3) is 5.91 Å². The van der Waals surface area contributed by atoms with Gasteiger partial charge in [-0.3, -0.25) is 9.79 Å². The van der Waals surface area contributed by atoms with Gasteiger partial charge in [0.1, 0.15) is 5.69 Å². The van der Waals surface area contributed by atoms with Gasteiger partial charge in [-0.15, -0.1) is 0 Å². The Morgan fingerprint density at radius 3 is 2.44 bits per heavy atom. The molecule has 0 saturated carbocycles. The average Bonchev–Trinajstić information content (AvgIpc) is 3.26. The summed E-state index contributed by atoms with van der Waals surface area (Å²) in [5.41, 5.74) is 9.96. The van der Waals surface area contributed by atoms with Gasteiger partial charge in [-0.05, 0) is 53.9 Å². The van der Waals surface area contributed by atoms with Crippen molar-refractivity contribution in [2.75, 3.05) is 5.73 Å². The number of carbonyl (C=O) groups excluding carboxylic acids is 1. The smallest absolute Gasteiger partial charge is 0.397 e. The SMILES string of the molecule is CCC(=Nc1ccccc1N)c1ccc(CNC(=O)c2cc3cc(C(F)(F)F)ccc3[nH]2)cc1. The van der Waals surface area contributed by atoms with E-state index in [4.69, 9.17) is 5.73 Å². The lowest BCUT2D eigenvalue weighted by molar-refractivity contribution is -0.137. The monoisotopic (exact) mass is 464 g/mol. The van der Waals surface area contributed by atoms with Crippen LogP contribution >= 0.6 is 0 Å². The van der Waals surface area contributed by atoms with Gasteiger partial charge in [-0.25, -0.2) is 0 Å². The summed E-state index contributed by atoms with van der Waals surface area (Å²) in [6.07, 6.45) is -3.71. The first-order valence-corrected chi connectivity index (χ1v) is 10.7. The van der Waals surface area contributed by atoms with Crippen LogP contribution < -0.4 is 11.1 Å². The third-order valence-electron chi connectivity index (χ3n) is 5.46. The van der Waals surface area contributed by atoms with Crippen molar-refractivity contribution in [3.63, 3.8) is 0 Å². The molecule has 0 aliphatic heterocycles. The number of aromatic amines is 1. The van der Waals surface area contributed by atoms with E-state index < -0.39 is 17.6 Å². The summed E-state index contributed by atoms with van der Waals surface area (Å²) in [6.45, 7) is 2.29. The summed E-state index contributed by atoms with van der Waals surface area (Å²) in [5.74, 6) is -0.399. The van der Waals surface area contributed by atoms with Crippen LogP contribution in [0.4, 0.5) is 24.5 Å². The third kappa shape index (κ3) is 5.11. The van der Waals surface area contributed by atoms with E-state index in [1.807, 2.05) is 49.4 Å². The molecule has 174 valence electrons. The van der Waals surface area contributed by atoms with Gasteiger partial charge < -0.3 is 16.0 Å². The molecular weight excluding hydrogens is 441 g/mol. The van der Waals surface area contributed by atoms with Crippen molar-refractivity contribution >= 4 is 33.9 Å². The zero-order valence-corrected chi connectivity index (χ0v) is 18.4. The molecule has 0 aliphatic carbocycles. The topological polar surface area (TPSA) is 83.3 Å². The number of fused-ring (bicyclic) bond motifs is 1. The van der Waals surface area contributed by atoms with Crippen molar-refractivity contribution in [2.24, 2.45) is 4.99 Å². The molecule has 4 N–H and O–H groups in total. The molecule has 0 fully saturated rings. The van der Waals surface area contributed by atoms with Gasteiger partial charge in [0.2, 0.25) is 0 Å². The Kier molecular flexibility index (Phi) is 6.40. The summed E-state index contributed by atoms with van der Waals surface area (Å²) >= 11 is 0. The number of benzene rings is 3. The number of nitrogens with one attached hydrogen (secondary N) is 2. The van der Waals surface area contributed by atoms with Crippen molar-refractivity contribution in [1.29, 1.82) is 0 Å². The number of H-pyrrole nitrogens is 1. The highest BCUT2D eigenvalue weighted by Crippen LogP contribution is 2.31. The van der Waals surface area contributed by atoms with Gasteiger partial charge in [0.15, 0.2) is 0 Å².